The van der Waals surface area contributed by atoms with Gasteiger partial charge in [0.15, 0.2) is 0 Å². The Labute approximate surface area is 179 Å². The van der Waals surface area contributed by atoms with E-state index in [1.54, 1.807) is 6.07 Å². The number of halogens is 2. The van der Waals surface area contributed by atoms with E-state index in [4.69, 9.17) is 0 Å². The third kappa shape index (κ3) is 4.27. The fourth-order valence-electron chi connectivity index (χ4n) is 2.50. The fourth-order valence-corrected chi connectivity index (χ4v) is 4.34. The third-order valence-corrected chi connectivity index (χ3v) is 5.33. The number of anilines is 1. The number of hydrogen-bond acceptors (Lipinski definition) is 2. The third-order valence-electron chi connectivity index (χ3n) is 3.89. The summed E-state index contributed by atoms with van der Waals surface area (Å²) in [6.07, 6.45) is 0. The predicted molar refractivity (Wildman–Crippen MR) is 123 cm³/mol. The fraction of sp³-hybridized carbons (Fsp3) is 0. The van der Waals surface area contributed by atoms with Gasteiger partial charge in [-0.1, -0.05) is 49.0 Å². The minimum Gasteiger partial charge on any atom is -0.506 e. The van der Waals surface area contributed by atoms with Crippen molar-refractivity contribution >= 4 is 62.3 Å². The molecule has 0 saturated heterocycles. The van der Waals surface area contributed by atoms with Crippen molar-refractivity contribution in [1.82, 2.24) is 0 Å². The van der Waals surface area contributed by atoms with Crippen molar-refractivity contribution in [2.24, 2.45) is 0 Å². The van der Waals surface area contributed by atoms with Crippen LogP contribution in [0.5, 0.6) is 5.75 Å². The second-order valence-corrected chi connectivity index (χ2v) is 8.07. The largest absolute Gasteiger partial charge is 0.506 e. The molecule has 0 radical (unpaired) electrons. The van der Waals surface area contributed by atoms with Gasteiger partial charge in [-0.15, -0.1) is 0 Å². The molecule has 130 valence electrons. The number of phenols is 1. The first kappa shape index (κ1) is 18.9. The first-order valence-electron chi connectivity index (χ1n) is 7.80. The molecule has 0 aromatic heterocycles. The summed E-state index contributed by atoms with van der Waals surface area (Å²) in [5.41, 5.74) is 3.89. The average molecular weight is 567 g/mol. The molecule has 3 rings (SSSR count). The van der Waals surface area contributed by atoms with Gasteiger partial charge < -0.3 is 10.4 Å². The summed E-state index contributed by atoms with van der Waals surface area (Å²) in [4.78, 5) is 12.5. The normalized spacial score (nSPS) is 10.4. The maximum Gasteiger partial charge on any atom is 0.259 e. The molecule has 5 heteroatoms. The van der Waals surface area contributed by atoms with Gasteiger partial charge in [0, 0.05) is 9.26 Å². The molecule has 0 fully saturated rings. The number of carbonyl (C=O) groups is 1. The van der Waals surface area contributed by atoms with Crippen LogP contribution in [0, 0.1) is 7.14 Å². The number of phenolic OH excluding ortho intramolecular Hbond substituents is 1. The Bertz CT molecular complexity index is 967. The molecule has 26 heavy (non-hydrogen) atoms. The first-order valence-corrected chi connectivity index (χ1v) is 9.95. The van der Waals surface area contributed by atoms with Gasteiger partial charge in [-0.3, -0.25) is 4.79 Å². The Morgan fingerprint density at radius 3 is 2.19 bits per heavy atom. The van der Waals surface area contributed by atoms with E-state index in [1.165, 1.54) is 0 Å². The van der Waals surface area contributed by atoms with Crippen LogP contribution in [0.3, 0.4) is 0 Å². The molecule has 0 aliphatic heterocycles. The van der Waals surface area contributed by atoms with E-state index >= 15 is 0 Å². The summed E-state index contributed by atoms with van der Waals surface area (Å²) in [5, 5.41) is 13.0. The molecule has 0 aliphatic rings. The van der Waals surface area contributed by atoms with E-state index in [0.29, 0.717) is 9.26 Å². The lowest BCUT2D eigenvalue weighted by Gasteiger charge is -2.10. The summed E-state index contributed by atoms with van der Waals surface area (Å²) < 4.78 is 1.54. The van der Waals surface area contributed by atoms with Crippen molar-refractivity contribution < 1.29 is 9.90 Å². The summed E-state index contributed by atoms with van der Waals surface area (Å²) in [6.45, 7) is 4.14. The Morgan fingerprint density at radius 1 is 0.923 bits per heavy atom. The van der Waals surface area contributed by atoms with Crippen molar-refractivity contribution in [2.75, 3.05) is 5.32 Å². The van der Waals surface area contributed by atoms with Crippen LogP contribution in [0.1, 0.15) is 21.5 Å². The average Bonchev–Trinajstić information content (AvgIpc) is 2.65. The quantitative estimate of drug-likeness (QED) is 0.385. The zero-order valence-corrected chi connectivity index (χ0v) is 18.0. The molecular weight excluding hydrogens is 552 g/mol. The number of carbonyl (C=O) groups excluding carboxylic acids is 1. The van der Waals surface area contributed by atoms with Crippen LogP contribution in [0.2, 0.25) is 0 Å². The monoisotopic (exact) mass is 567 g/mol. The van der Waals surface area contributed by atoms with Gasteiger partial charge in [0.25, 0.3) is 5.91 Å². The van der Waals surface area contributed by atoms with Crippen molar-refractivity contribution in [3.63, 3.8) is 0 Å². The Morgan fingerprint density at radius 2 is 1.54 bits per heavy atom. The van der Waals surface area contributed by atoms with Crippen LogP contribution in [-0.4, -0.2) is 11.0 Å². The van der Waals surface area contributed by atoms with Gasteiger partial charge >= 0.3 is 0 Å². The first-order chi connectivity index (χ1) is 12.5. The van der Waals surface area contributed by atoms with E-state index in [9.17, 15) is 9.90 Å². The van der Waals surface area contributed by atoms with Gasteiger partial charge in [0.05, 0.1) is 9.13 Å². The van der Waals surface area contributed by atoms with Gasteiger partial charge in [0.1, 0.15) is 5.75 Å². The smallest absolute Gasteiger partial charge is 0.259 e. The minimum absolute atomic E-state index is 0.00223. The molecule has 0 spiro atoms. The lowest BCUT2D eigenvalue weighted by molar-refractivity contribution is 0.102. The molecule has 0 aliphatic carbocycles. The van der Waals surface area contributed by atoms with Crippen molar-refractivity contribution in [2.45, 2.75) is 0 Å². The second-order valence-electron chi connectivity index (χ2n) is 5.66. The van der Waals surface area contributed by atoms with E-state index in [-0.39, 0.29) is 17.2 Å². The van der Waals surface area contributed by atoms with E-state index in [1.807, 2.05) is 83.3 Å². The van der Waals surface area contributed by atoms with Crippen molar-refractivity contribution in [3.8, 4) is 5.75 Å². The zero-order valence-electron chi connectivity index (χ0n) is 13.7. The number of aromatic hydroxyl groups is 1. The lowest BCUT2D eigenvalue weighted by Crippen LogP contribution is -2.12. The molecule has 0 atom stereocenters. The molecule has 0 unspecified atom stereocenters. The molecule has 2 N–H and O–H groups in total. The molecule has 0 bridgehead atoms. The van der Waals surface area contributed by atoms with Crippen LogP contribution >= 0.6 is 45.2 Å². The molecule has 1 amide bonds. The number of rotatable bonds is 4. The molecular formula is C21H15I2NO2. The second kappa shape index (κ2) is 8.22. The Balaban J connectivity index is 1.78. The van der Waals surface area contributed by atoms with E-state index in [2.05, 4.69) is 34.5 Å². The maximum absolute atomic E-state index is 12.5. The summed E-state index contributed by atoms with van der Waals surface area (Å²) >= 11 is 4.14. The van der Waals surface area contributed by atoms with Crippen LogP contribution in [0.15, 0.2) is 73.3 Å². The van der Waals surface area contributed by atoms with Gasteiger partial charge in [-0.25, -0.2) is 0 Å². The SMILES string of the molecule is C=C(c1ccccc1)c1ccc(NC(=O)c2cc(I)cc(I)c2O)cc1. The van der Waals surface area contributed by atoms with Crippen molar-refractivity contribution in [3.05, 3.63) is 97.1 Å². The van der Waals surface area contributed by atoms with Crippen molar-refractivity contribution in [1.29, 1.82) is 0 Å². The standard InChI is InChI=1S/C21H15I2NO2/c1-13(14-5-3-2-4-6-14)15-7-9-17(10-8-15)24-21(26)18-11-16(22)12-19(23)20(18)25/h2-12,25H,1H2,(H,24,26). The topological polar surface area (TPSA) is 49.3 Å². The highest BCUT2D eigenvalue weighted by atomic mass is 127. The predicted octanol–water partition coefficient (Wildman–Crippen LogP) is 5.92. The van der Waals surface area contributed by atoms with Crippen LogP contribution in [-0.2, 0) is 0 Å². The lowest BCUT2D eigenvalue weighted by atomic mass is 9.99. The summed E-state index contributed by atoms with van der Waals surface area (Å²) in [5.74, 6) is -0.342. The minimum atomic E-state index is -0.339. The molecule has 0 saturated carbocycles. The van der Waals surface area contributed by atoms with Crippen LogP contribution in [0.4, 0.5) is 5.69 Å². The van der Waals surface area contributed by atoms with Crippen LogP contribution in [0.25, 0.3) is 5.57 Å². The van der Waals surface area contributed by atoms with Crippen LogP contribution < -0.4 is 5.32 Å². The molecule has 3 aromatic carbocycles. The summed E-state index contributed by atoms with van der Waals surface area (Å²) in [6, 6.07) is 20.9. The number of nitrogens with one attached hydrogen (secondary N) is 1. The van der Waals surface area contributed by atoms with Gasteiger partial charge in [0.2, 0.25) is 0 Å². The zero-order chi connectivity index (χ0) is 18.7. The molecule has 0 heterocycles. The van der Waals surface area contributed by atoms with Gasteiger partial charge in [-0.05, 0) is 86.1 Å². The number of benzene rings is 3. The van der Waals surface area contributed by atoms with E-state index in [0.717, 1.165) is 20.3 Å². The van der Waals surface area contributed by atoms with E-state index < -0.39 is 0 Å². The molecule has 3 nitrogen and oxygen atoms in total. The maximum atomic E-state index is 12.5. The Kier molecular flexibility index (Phi) is 5.98. The number of amides is 1. The highest BCUT2D eigenvalue weighted by molar-refractivity contribution is 14.1. The number of hydrogen-bond donors (Lipinski definition) is 2. The summed E-state index contributed by atoms with van der Waals surface area (Å²) in [7, 11) is 0. The molecule has 3 aromatic rings. The Hall–Kier alpha value is -1.87. The highest BCUT2D eigenvalue weighted by Gasteiger charge is 2.15. The highest BCUT2D eigenvalue weighted by Crippen LogP contribution is 2.28. The van der Waals surface area contributed by atoms with Gasteiger partial charge in [-0.2, -0.15) is 0 Å².